The van der Waals surface area contributed by atoms with Gasteiger partial charge in [-0.25, -0.2) is 4.98 Å². The summed E-state index contributed by atoms with van der Waals surface area (Å²) in [4.78, 5) is 19.7. The first-order chi connectivity index (χ1) is 14.7. The van der Waals surface area contributed by atoms with E-state index < -0.39 is 16.8 Å². The summed E-state index contributed by atoms with van der Waals surface area (Å²) in [6, 6.07) is 15.7. The first-order valence-electron chi connectivity index (χ1n) is 8.90. The van der Waals surface area contributed by atoms with Crippen molar-refractivity contribution >= 4 is 61.8 Å². The highest BCUT2D eigenvalue weighted by atomic mass is 79.9. The average molecular weight is 510 g/mol. The number of aromatic nitrogens is 2. The summed E-state index contributed by atoms with van der Waals surface area (Å²) >= 11 is 9.08. The number of benzene rings is 3. The van der Waals surface area contributed by atoms with Gasteiger partial charge in [0.05, 0.1) is 27.3 Å². The average Bonchev–Trinajstić information content (AvgIpc) is 3.10. The van der Waals surface area contributed by atoms with Crippen molar-refractivity contribution in [3.05, 3.63) is 81.3 Å². The fourth-order valence-corrected chi connectivity index (χ4v) is 3.53. The maximum atomic E-state index is 13.4. The molecule has 0 radical (unpaired) electrons. The summed E-state index contributed by atoms with van der Waals surface area (Å²) in [7, 11) is 0. The van der Waals surface area contributed by atoms with E-state index in [9.17, 15) is 18.0 Å². The summed E-state index contributed by atoms with van der Waals surface area (Å²) in [5.74, 6) is -0.246. The van der Waals surface area contributed by atoms with Gasteiger partial charge < -0.3 is 15.6 Å². The van der Waals surface area contributed by atoms with E-state index in [2.05, 4.69) is 36.5 Å². The summed E-state index contributed by atoms with van der Waals surface area (Å²) in [6.45, 7) is 0. The van der Waals surface area contributed by atoms with Crippen LogP contribution in [-0.4, -0.2) is 15.9 Å². The molecule has 1 aromatic heterocycles. The van der Waals surface area contributed by atoms with E-state index >= 15 is 0 Å². The van der Waals surface area contributed by atoms with E-state index in [0.717, 1.165) is 4.47 Å². The molecule has 0 saturated heterocycles. The number of nitrogens with one attached hydrogen (secondary N) is 3. The topological polar surface area (TPSA) is 69.8 Å². The van der Waals surface area contributed by atoms with Crippen LogP contribution in [0, 0.1) is 0 Å². The van der Waals surface area contributed by atoms with Crippen LogP contribution in [-0.2, 0) is 6.18 Å². The van der Waals surface area contributed by atoms with E-state index in [1.54, 1.807) is 42.5 Å². The third kappa shape index (κ3) is 4.67. The van der Waals surface area contributed by atoms with Gasteiger partial charge in [-0.15, -0.1) is 0 Å². The van der Waals surface area contributed by atoms with Gasteiger partial charge in [0.1, 0.15) is 0 Å². The summed E-state index contributed by atoms with van der Waals surface area (Å²) in [5.41, 5.74) is 0.740. The standard InChI is InChI=1S/C21H13BrClF3N4O/c22-12-5-7-13(8-6-12)27-19(31)11-4-9-15-17(10-11)30-20(28-15)29-16-3-1-2-14(23)18(16)21(24,25)26/h1-10H,(H,27,31)(H2,28,29,30). The number of hydrogen-bond acceptors (Lipinski definition) is 3. The number of H-pyrrole nitrogens is 1. The zero-order valence-electron chi connectivity index (χ0n) is 15.5. The summed E-state index contributed by atoms with van der Waals surface area (Å²) in [5, 5.41) is 4.98. The minimum Gasteiger partial charge on any atom is -0.325 e. The van der Waals surface area contributed by atoms with Crippen LogP contribution in [0.15, 0.2) is 65.1 Å². The van der Waals surface area contributed by atoms with Crippen molar-refractivity contribution in [1.82, 2.24) is 9.97 Å². The Morgan fingerprint density at radius 2 is 1.81 bits per heavy atom. The van der Waals surface area contributed by atoms with Crippen LogP contribution >= 0.6 is 27.5 Å². The fourth-order valence-electron chi connectivity index (χ4n) is 2.99. The van der Waals surface area contributed by atoms with E-state index in [0.29, 0.717) is 22.3 Å². The SMILES string of the molecule is O=C(Nc1ccc(Br)cc1)c1ccc2[nH]c(Nc3cccc(Cl)c3C(F)(F)F)nc2c1. The number of carbonyl (C=O) groups is 1. The highest BCUT2D eigenvalue weighted by molar-refractivity contribution is 9.10. The quantitative estimate of drug-likeness (QED) is 0.278. The van der Waals surface area contributed by atoms with Crippen molar-refractivity contribution in [2.24, 2.45) is 0 Å². The highest BCUT2D eigenvalue weighted by Gasteiger charge is 2.36. The Bertz CT molecular complexity index is 1270. The minimum absolute atomic E-state index is 0.0910. The van der Waals surface area contributed by atoms with Crippen molar-refractivity contribution in [3.63, 3.8) is 0 Å². The highest BCUT2D eigenvalue weighted by Crippen LogP contribution is 2.40. The van der Waals surface area contributed by atoms with Crippen molar-refractivity contribution in [2.45, 2.75) is 6.18 Å². The van der Waals surface area contributed by atoms with Crippen LogP contribution in [0.4, 0.5) is 30.5 Å². The zero-order chi connectivity index (χ0) is 22.2. The van der Waals surface area contributed by atoms with Gasteiger partial charge in [0.15, 0.2) is 0 Å². The van der Waals surface area contributed by atoms with Gasteiger partial charge >= 0.3 is 6.18 Å². The molecule has 0 fully saturated rings. The predicted octanol–water partition coefficient (Wildman–Crippen LogP) is 6.99. The largest absolute Gasteiger partial charge is 0.419 e. The molecule has 10 heteroatoms. The van der Waals surface area contributed by atoms with Crippen LogP contribution in [0.2, 0.25) is 5.02 Å². The van der Waals surface area contributed by atoms with E-state index in [1.165, 1.54) is 18.2 Å². The molecule has 158 valence electrons. The molecule has 3 aromatic carbocycles. The van der Waals surface area contributed by atoms with Crippen LogP contribution in [0.3, 0.4) is 0 Å². The monoisotopic (exact) mass is 508 g/mol. The zero-order valence-corrected chi connectivity index (χ0v) is 17.9. The molecule has 1 amide bonds. The number of carbonyl (C=O) groups excluding carboxylic acids is 1. The number of aromatic amines is 1. The van der Waals surface area contributed by atoms with Gasteiger partial charge in [-0.2, -0.15) is 13.2 Å². The Hall–Kier alpha value is -3.04. The Kier molecular flexibility index (Phi) is 5.63. The molecule has 0 bridgehead atoms. The van der Waals surface area contributed by atoms with Crippen molar-refractivity contribution in [3.8, 4) is 0 Å². The number of amides is 1. The smallest absolute Gasteiger partial charge is 0.325 e. The van der Waals surface area contributed by atoms with Gasteiger partial charge in [-0.1, -0.05) is 33.6 Å². The number of rotatable bonds is 4. The molecular weight excluding hydrogens is 497 g/mol. The number of alkyl halides is 3. The first kappa shape index (κ1) is 21.2. The van der Waals surface area contributed by atoms with E-state index in [-0.39, 0.29) is 17.5 Å². The second-order valence-corrected chi connectivity index (χ2v) is 7.89. The van der Waals surface area contributed by atoms with Gasteiger partial charge in [0.2, 0.25) is 5.95 Å². The lowest BCUT2D eigenvalue weighted by atomic mass is 10.1. The van der Waals surface area contributed by atoms with Crippen molar-refractivity contribution in [1.29, 1.82) is 0 Å². The van der Waals surface area contributed by atoms with E-state index in [4.69, 9.17) is 11.6 Å². The third-order valence-corrected chi connectivity index (χ3v) is 5.24. The molecule has 0 spiro atoms. The fraction of sp³-hybridized carbons (Fsp3) is 0.0476. The Labute approximate surface area is 187 Å². The number of hydrogen-bond donors (Lipinski definition) is 3. The number of anilines is 3. The second-order valence-electron chi connectivity index (χ2n) is 6.56. The molecule has 0 aliphatic carbocycles. The number of nitrogens with zero attached hydrogens (tertiary/aromatic N) is 1. The predicted molar refractivity (Wildman–Crippen MR) is 118 cm³/mol. The Morgan fingerprint density at radius 1 is 1.06 bits per heavy atom. The molecule has 0 unspecified atom stereocenters. The van der Waals surface area contributed by atoms with Crippen LogP contribution in [0.25, 0.3) is 11.0 Å². The van der Waals surface area contributed by atoms with Crippen LogP contribution in [0.1, 0.15) is 15.9 Å². The molecule has 1 heterocycles. The second kappa shape index (κ2) is 8.24. The van der Waals surface area contributed by atoms with Crippen molar-refractivity contribution < 1.29 is 18.0 Å². The molecule has 0 atom stereocenters. The summed E-state index contributed by atoms with van der Waals surface area (Å²) in [6.07, 6.45) is -4.63. The van der Waals surface area contributed by atoms with Gasteiger partial charge in [-0.3, -0.25) is 4.79 Å². The Balaban J connectivity index is 1.59. The number of fused-ring (bicyclic) bond motifs is 1. The molecule has 0 saturated carbocycles. The molecule has 3 N–H and O–H groups in total. The van der Waals surface area contributed by atoms with Gasteiger partial charge in [0, 0.05) is 15.7 Å². The first-order valence-corrected chi connectivity index (χ1v) is 10.1. The lowest BCUT2D eigenvalue weighted by Gasteiger charge is -2.14. The molecule has 4 rings (SSSR count). The maximum absolute atomic E-state index is 13.4. The lowest BCUT2D eigenvalue weighted by molar-refractivity contribution is -0.136. The molecule has 0 aliphatic rings. The van der Waals surface area contributed by atoms with Crippen LogP contribution < -0.4 is 10.6 Å². The normalized spacial score (nSPS) is 11.5. The third-order valence-electron chi connectivity index (χ3n) is 4.40. The van der Waals surface area contributed by atoms with Crippen LogP contribution in [0.5, 0.6) is 0 Å². The molecule has 4 aromatic rings. The van der Waals surface area contributed by atoms with E-state index in [1.807, 2.05) is 0 Å². The molecule has 31 heavy (non-hydrogen) atoms. The summed E-state index contributed by atoms with van der Waals surface area (Å²) < 4.78 is 41.0. The lowest BCUT2D eigenvalue weighted by Crippen LogP contribution is -2.11. The molecule has 5 nitrogen and oxygen atoms in total. The van der Waals surface area contributed by atoms with Crippen molar-refractivity contribution in [2.75, 3.05) is 10.6 Å². The number of imidazole rings is 1. The molecule has 0 aliphatic heterocycles. The Morgan fingerprint density at radius 3 is 2.52 bits per heavy atom. The minimum atomic E-state index is -4.63. The van der Waals surface area contributed by atoms with Gasteiger partial charge in [-0.05, 0) is 54.6 Å². The maximum Gasteiger partial charge on any atom is 0.419 e. The number of halogens is 5. The van der Waals surface area contributed by atoms with Gasteiger partial charge in [0.25, 0.3) is 5.91 Å². The molecular formula is C21H13BrClF3N4O.